The summed E-state index contributed by atoms with van der Waals surface area (Å²) >= 11 is 0. The minimum atomic E-state index is -1.38. The Kier molecular flexibility index (Phi) is 7.47. The molecule has 2 heterocycles. The molecule has 1 atom stereocenters. The van der Waals surface area contributed by atoms with Crippen molar-refractivity contribution >= 4 is 34.6 Å². The Hall–Kier alpha value is -4.41. The molecule has 36 heavy (non-hydrogen) atoms. The number of allylic oxidation sites excluding steroid dienone is 1. The molecule has 0 radical (unpaired) electrons. The number of hydrogen-bond acceptors (Lipinski definition) is 5. The summed E-state index contributed by atoms with van der Waals surface area (Å²) in [4.78, 5) is 55.7. The summed E-state index contributed by atoms with van der Waals surface area (Å²) in [5, 5.41) is 13.7. The monoisotopic (exact) mass is 492 g/mol. The zero-order valence-corrected chi connectivity index (χ0v) is 19.6. The number of benzene rings is 1. The number of para-hydroxylation sites is 1. The Morgan fingerprint density at radius 3 is 2.78 bits per heavy atom. The van der Waals surface area contributed by atoms with Gasteiger partial charge in [0, 0.05) is 6.20 Å². The molecular weight excluding hydrogens is 464 g/mol. The number of nitrogens with one attached hydrogen (secondary N) is 3. The third-order valence-electron chi connectivity index (χ3n) is 5.97. The lowest BCUT2D eigenvalue weighted by Gasteiger charge is -2.16. The van der Waals surface area contributed by atoms with Gasteiger partial charge in [-0.15, -0.1) is 0 Å². The molecule has 0 spiro atoms. The first-order chi connectivity index (χ1) is 17.3. The van der Waals surface area contributed by atoms with Gasteiger partial charge in [-0.2, -0.15) is 0 Å². The van der Waals surface area contributed by atoms with Crippen LogP contribution in [0.15, 0.2) is 53.5 Å². The molecule has 0 aliphatic heterocycles. The Balaban J connectivity index is 1.48. The van der Waals surface area contributed by atoms with Crippen LogP contribution in [0.3, 0.4) is 0 Å². The van der Waals surface area contributed by atoms with Crippen molar-refractivity contribution in [3.05, 3.63) is 70.4 Å². The maximum absolute atomic E-state index is 13.0. The summed E-state index contributed by atoms with van der Waals surface area (Å²) in [6.07, 6.45) is 6.59. The van der Waals surface area contributed by atoms with Gasteiger partial charge < -0.3 is 31.0 Å². The average molecular weight is 493 g/mol. The highest BCUT2D eigenvalue weighted by molar-refractivity contribution is 5.96. The normalized spacial score (nSPS) is 14.1. The minimum absolute atomic E-state index is 0.0119. The molecule has 1 saturated carbocycles. The van der Waals surface area contributed by atoms with Gasteiger partial charge in [0.25, 0.3) is 5.56 Å². The van der Waals surface area contributed by atoms with Gasteiger partial charge in [-0.05, 0) is 67.9 Å². The van der Waals surface area contributed by atoms with E-state index >= 15 is 0 Å². The maximum atomic E-state index is 13.0. The number of nitrogens with zero attached hydrogens (tertiary/aromatic N) is 2. The van der Waals surface area contributed by atoms with Crippen molar-refractivity contribution in [3.8, 4) is 0 Å². The number of imidazole rings is 1. The number of anilines is 1. The number of rotatable bonds is 11. The number of nitrogens with two attached hydrogens (primary N) is 1. The van der Waals surface area contributed by atoms with Gasteiger partial charge in [-0.3, -0.25) is 14.4 Å². The lowest BCUT2D eigenvalue weighted by atomic mass is 10.1. The molecular formula is C25H28N6O5. The van der Waals surface area contributed by atoms with E-state index in [1.54, 1.807) is 12.3 Å². The molecule has 4 rings (SSSR count). The SMILES string of the molecule is NC(=O)/C=C/CC[C@H](NC(=O)O)C(=O)Nc1cccn(Cc2nc3c(CC4CC4)cccc3[nH]2)c1=O. The van der Waals surface area contributed by atoms with Crippen molar-refractivity contribution in [2.24, 2.45) is 11.7 Å². The van der Waals surface area contributed by atoms with Crippen molar-refractivity contribution in [2.75, 3.05) is 5.32 Å². The highest BCUT2D eigenvalue weighted by Crippen LogP contribution is 2.34. The van der Waals surface area contributed by atoms with E-state index in [9.17, 15) is 19.2 Å². The molecule has 0 saturated heterocycles. The molecule has 188 valence electrons. The van der Waals surface area contributed by atoms with E-state index in [2.05, 4.69) is 21.7 Å². The van der Waals surface area contributed by atoms with E-state index in [0.717, 1.165) is 29.4 Å². The zero-order chi connectivity index (χ0) is 25.7. The van der Waals surface area contributed by atoms with E-state index in [-0.39, 0.29) is 25.1 Å². The van der Waals surface area contributed by atoms with Crippen LogP contribution in [0.25, 0.3) is 11.0 Å². The van der Waals surface area contributed by atoms with Gasteiger partial charge in [0.1, 0.15) is 17.6 Å². The number of aromatic amines is 1. The summed E-state index contributed by atoms with van der Waals surface area (Å²) in [6, 6.07) is 7.97. The van der Waals surface area contributed by atoms with Crippen LogP contribution in [0.2, 0.25) is 0 Å². The third-order valence-corrected chi connectivity index (χ3v) is 5.97. The van der Waals surface area contributed by atoms with Gasteiger partial charge in [-0.1, -0.05) is 18.2 Å². The molecule has 3 aromatic rings. The van der Waals surface area contributed by atoms with Crippen LogP contribution in [-0.2, 0) is 22.6 Å². The zero-order valence-electron chi connectivity index (χ0n) is 19.6. The van der Waals surface area contributed by atoms with Crippen LogP contribution in [-0.4, -0.2) is 43.6 Å². The van der Waals surface area contributed by atoms with Crippen LogP contribution >= 0.6 is 0 Å². The van der Waals surface area contributed by atoms with Crippen molar-refractivity contribution < 1.29 is 19.5 Å². The molecule has 11 heteroatoms. The number of H-pyrrole nitrogens is 1. The summed E-state index contributed by atoms with van der Waals surface area (Å²) in [7, 11) is 0. The third kappa shape index (κ3) is 6.38. The van der Waals surface area contributed by atoms with Crippen LogP contribution in [0, 0.1) is 5.92 Å². The predicted molar refractivity (Wildman–Crippen MR) is 133 cm³/mol. The number of carboxylic acid groups (broad SMARTS) is 1. The summed E-state index contributed by atoms with van der Waals surface area (Å²) in [5.41, 5.74) is 7.60. The Labute approximate surface area is 206 Å². The maximum Gasteiger partial charge on any atom is 0.405 e. The number of aromatic nitrogens is 3. The van der Waals surface area contributed by atoms with Crippen molar-refractivity contribution in [1.82, 2.24) is 19.9 Å². The molecule has 2 aromatic heterocycles. The first kappa shape index (κ1) is 24.7. The number of fused-ring (bicyclic) bond motifs is 1. The minimum Gasteiger partial charge on any atom is -0.465 e. The summed E-state index contributed by atoms with van der Waals surface area (Å²) < 4.78 is 1.42. The smallest absolute Gasteiger partial charge is 0.405 e. The molecule has 1 aliphatic rings. The molecule has 11 nitrogen and oxygen atoms in total. The molecule has 1 aliphatic carbocycles. The quantitative estimate of drug-likeness (QED) is 0.256. The second kappa shape index (κ2) is 10.9. The van der Waals surface area contributed by atoms with E-state index in [4.69, 9.17) is 15.8 Å². The van der Waals surface area contributed by atoms with E-state index in [1.165, 1.54) is 35.1 Å². The second-order valence-corrected chi connectivity index (χ2v) is 8.87. The number of hydrogen-bond donors (Lipinski definition) is 5. The standard InChI is InChI=1S/C25H28N6O5/c26-20(32)9-2-1-6-18(29-25(35)36)23(33)28-19-8-4-12-31(24(19)34)14-21-27-17-7-3-5-16(22(17)30-21)13-15-10-11-15/h2-5,7-9,12,15,18,29H,1,6,10-11,13-14H2,(H2,26,32)(H,27,30)(H,28,33)(H,35,36)/b9-2+/t18-/m0/s1. The molecule has 0 unspecified atom stereocenters. The van der Waals surface area contributed by atoms with E-state index in [0.29, 0.717) is 5.82 Å². The number of primary amides is 1. The fourth-order valence-corrected chi connectivity index (χ4v) is 4.03. The van der Waals surface area contributed by atoms with Gasteiger partial charge in [0.05, 0.1) is 17.6 Å². The summed E-state index contributed by atoms with van der Waals surface area (Å²) in [5.74, 6) is 0.00608. The highest BCUT2D eigenvalue weighted by Gasteiger charge is 2.23. The van der Waals surface area contributed by atoms with Crippen molar-refractivity contribution in [3.63, 3.8) is 0 Å². The Morgan fingerprint density at radius 2 is 2.06 bits per heavy atom. The number of carbonyl (C=O) groups is 3. The molecule has 3 amide bonds. The largest absolute Gasteiger partial charge is 0.465 e. The highest BCUT2D eigenvalue weighted by atomic mass is 16.4. The van der Waals surface area contributed by atoms with Crippen LogP contribution in [0.4, 0.5) is 10.5 Å². The first-order valence-electron chi connectivity index (χ1n) is 11.7. The van der Waals surface area contributed by atoms with Crippen LogP contribution < -0.4 is 21.9 Å². The topological polar surface area (TPSA) is 172 Å². The molecule has 6 N–H and O–H groups in total. The first-order valence-corrected chi connectivity index (χ1v) is 11.7. The van der Waals surface area contributed by atoms with E-state index in [1.807, 2.05) is 12.1 Å². The van der Waals surface area contributed by atoms with Gasteiger partial charge in [0.2, 0.25) is 11.8 Å². The molecule has 1 fully saturated rings. The van der Waals surface area contributed by atoms with Crippen LogP contribution in [0.5, 0.6) is 0 Å². The predicted octanol–water partition coefficient (Wildman–Crippen LogP) is 2.12. The average Bonchev–Trinajstić information content (AvgIpc) is 3.54. The summed E-state index contributed by atoms with van der Waals surface area (Å²) in [6.45, 7) is 0.175. The molecule has 0 bridgehead atoms. The number of pyridine rings is 1. The van der Waals surface area contributed by atoms with Gasteiger partial charge in [-0.25, -0.2) is 9.78 Å². The van der Waals surface area contributed by atoms with Gasteiger partial charge in [0.15, 0.2) is 0 Å². The number of amides is 3. The number of carbonyl (C=O) groups excluding carboxylic acids is 2. The second-order valence-electron chi connectivity index (χ2n) is 8.87. The van der Waals surface area contributed by atoms with Crippen molar-refractivity contribution in [1.29, 1.82) is 0 Å². The van der Waals surface area contributed by atoms with E-state index < -0.39 is 29.5 Å². The Morgan fingerprint density at radius 1 is 1.25 bits per heavy atom. The van der Waals surface area contributed by atoms with Crippen molar-refractivity contribution in [2.45, 2.75) is 44.7 Å². The lowest BCUT2D eigenvalue weighted by molar-refractivity contribution is -0.118. The van der Waals surface area contributed by atoms with Gasteiger partial charge >= 0.3 is 6.09 Å². The van der Waals surface area contributed by atoms with Crippen LogP contribution in [0.1, 0.15) is 37.1 Å². The fraction of sp³-hybridized carbons (Fsp3) is 0.320. The molecule has 1 aromatic carbocycles. The fourth-order valence-electron chi connectivity index (χ4n) is 4.03. The lowest BCUT2D eigenvalue weighted by Crippen LogP contribution is -2.44. The Bertz CT molecular complexity index is 1370.